The van der Waals surface area contributed by atoms with E-state index in [4.69, 9.17) is 0 Å². The van der Waals surface area contributed by atoms with E-state index in [0.29, 0.717) is 5.75 Å². The van der Waals surface area contributed by atoms with E-state index in [-0.39, 0.29) is 5.91 Å². The number of amides is 1. The van der Waals surface area contributed by atoms with Crippen molar-refractivity contribution in [2.45, 2.75) is 31.7 Å². The van der Waals surface area contributed by atoms with Crippen molar-refractivity contribution in [3.05, 3.63) is 53.7 Å². The normalized spacial score (nSPS) is 10.4. The third-order valence-electron chi connectivity index (χ3n) is 3.25. The summed E-state index contributed by atoms with van der Waals surface area (Å²) in [5, 5.41) is 3.93. The lowest BCUT2D eigenvalue weighted by Gasteiger charge is -2.14. The molecule has 3 nitrogen and oxygen atoms in total. The highest BCUT2D eigenvalue weighted by Crippen LogP contribution is 2.23. The molecule has 0 fully saturated rings. The second-order valence-corrected chi connectivity index (χ2v) is 5.66. The van der Waals surface area contributed by atoms with Crippen LogP contribution in [0.15, 0.2) is 47.6 Å². The molecule has 1 amide bonds. The summed E-state index contributed by atoms with van der Waals surface area (Å²) in [7, 11) is 0. The lowest BCUT2D eigenvalue weighted by molar-refractivity contribution is -0.113. The Hall–Kier alpha value is -1.81. The molecule has 1 heterocycles. The van der Waals surface area contributed by atoms with Crippen molar-refractivity contribution in [3.8, 4) is 0 Å². The maximum absolute atomic E-state index is 12.2. The summed E-state index contributed by atoms with van der Waals surface area (Å²) < 4.78 is 0. The number of carbonyl (C=O) groups is 1. The summed E-state index contributed by atoms with van der Waals surface area (Å²) in [6.45, 7) is 4.21. The molecule has 1 N–H and O–H groups in total. The Balaban J connectivity index is 2.02. The van der Waals surface area contributed by atoms with Crippen LogP contribution >= 0.6 is 11.8 Å². The molecule has 0 unspecified atom stereocenters. The zero-order valence-electron chi connectivity index (χ0n) is 12.4. The summed E-state index contributed by atoms with van der Waals surface area (Å²) in [5.41, 5.74) is 3.35. The monoisotopic (exact) mass is 300 g/mol. The second-order valence-electron chi connectivity index (χ2n) is 4.66. The summed E-state index contributed by atoms with van der Waals surface area (Å²) >= 11 is 1.45. The SMILES string of the molecule is CCc1cccc(CC)c1NC(=O)CSc1ccccn1. The number of thioether (sulfide) groups is 1. The van der Waals surface area contributed by atoms with Gasteiger partial charge in [-0.1, -0.05) is 49.9 Å². The van der Waals surface area contributed by atoms with Gasteiger partial charge in [0.2, 0.25) is 5.91 Å². The highest BCUT2D eigenvalue weighted by atomic mass is 32.2. The topological polar surface area (TPSA) is 42.0 Å². The third-order valence-corrected chi connectivity index (χ3v) is 4.20. The molecule has 0 aliphatic carbocycles. The van der Waals surface area contributed by atoms with Crippen molar-refractivity contribution in [1.82, 2.24) is 4.98 Å². The highest BCUT2D eigenvalue weighted by molar-refractivity contribution is 7.99. The smallest absolute Gasteiger partial charge is 0.234 e. The molecule has 1 aromatic heterocycles. The zero-order chi connectivity index (χ0) is 15.1. The number of hydrogen-bond acceptors (Lipinski definition) is 3. The fourth-order valence-corrected chi connectivity index (χ4v) is 2.81. The molecule has 21 heavy (non-hydrogen) atoms. The lowest BCUT2D eigenvalue weighted by Crippen LogP contribution is -2.16. The molecule has 0 bridgehead atoms. The van der Waals surface area contributed by atoms with Gasteiger partial charge in [0.05, 0.1) is 10.8 Å². The van der Waals surface area contributed by atoms with Crippen LogP contribution in [-0.4, -0.2) is 16.6 Å². The largest absolute Gasteiger partial charge is 0.325 e. The molecule has 0 saturated heterocycles. The highest BCUT2D eigenvalue weighted by Gasteiger charge is 2.10. The molecule has 0 atom stereocenters. The average molecular weight is 300 g/mol. The fraction of sp³-hybridized carbons (Fsp3) is 0.294. The molecule has 110 valence electrons. The molecule has 0 saturated carbocycles. The van der Waals surface area contributed by atoms with Crippen molar-refractivity contribution in [1.29, 1.82) is 0 Å². The van der Waals surface area contributed by atoms with Gasteiger partial charge in [-0.15, -0.1) is 0 Å². The standard InChI is InChI=1S/C17H20N2OS/c1-3-13-8-7-9-14(4-2)17(13)19-15(20)12-21-16-10-5-6-11-18-16/h5-11H,3-4,12H2,1-2H3,(H,19,20). The molecule has 2 aromatic rings. The van der Waals surface area contributed by atoms with Crippen molar-refractivity contribution in [3.63, 3.8) is 0 Å². The quantitative estimate of drug-likeness (QED) is 0.822. The Kier molecular flexibility index (Phi) is 5.81. The van der Waals surface area contributed by atoms with Crippen LogP contribution < -0.4 is 5.32 Å². The molecule has 0 spiro atoms. The fourth-order valence-electron chi connectivity index (χ4n) is 2.15. The summed E-state index contributed by atoms with van der Waals surface area (Å²) in [6, 6.07) is 11.9. The Labute approximate surface area is 130 Å². The molecule has 4 heteroatoms. The second kappa shape index (κ2) is 7.84. The van der Waals surface area contributed by atoms with E-state index in [2.05, 4.69) is 42.3 Å². The Morgan fingerprint density at radius 1 is 1.10 bits per heavy atom. The lowest BCUT2D eigenvalue weighted by atomic mass is 10.0. The maximum atomic E-state index is 12.2. The molecular formula is C17H20N2OS. The van der Waals surface area contributed by atoms with Crippen molar-refractivity contribution in [2.24, 2.45) is 0 Å². The van der Waals surface area contributed by atoms with Gasteiger partial charge in [0, 0.05) is 11.9 Å². The number of anilines is 1. The van der Waals surface area contributed by atoms with E-state index in [9.17, 15) is 4.79 Å². The van der Waals surface area contributed by atoms with E-state index >= 15 is 0 Å². The molecule has 1 aromatic carbocycles. The van der Waals surface area contributed by atoms with Gasteiger partial charge in [-0.3, -0.25) is 4.79 Å². The van der Waals surface area contributed by atoms with Crippen LogP contribution in [0.1, 0.15) is 25.0 Å². The first-order chi connectivity index (χ1) is 10.2. The van der Waals surface area contributed by atoms with Crippen LogP contribution in [0, 0.1) is 0 Å². The van der Waals surface area contributed by atoms with Crippen molar-refractivity contribution >= 4 is 23.4 Å². The van der Waals surface area contributed by atoms with Crippen LogP contribution in [0.5, 0.6) is 0 Å². The van der Waals surface area contributed by atoms with E-state index in [0.717, 1.165) is 23.6 Å². The summed E-state index contributed by atoms with van der Waals surface area (Å²) in [4.78, 5) is 16.4. The molecule has 0 aliphatic heterocycles. The number of rotatable bonds is 6. The maximum Gasteiger partial charge on any atom is 0.234 e. The number of nitrogens with one attached hydrogen (secondary N) is 1. The first-order valence-electron chi connectivity index (χ1n) is 7.19. The Morgan fingerprint density at radius 2 is 1.81 bits per heavy atom. The van der Waals surface area contributed by atoms with Crippen LogP contribution in [-0.2, 0) is 17.6 Å². The molecule has 2 rings (SSSR count). The van der Waals surface area contributed by atoms with Gasteiger partial charge in [0.1, 0.15) is 0 Å². The third kappa shape index (κ3) is 4.33. The number of pyridine rings is 1. The van der Waals surface area contributed by atoms with Gasteiger partial charge in [-0.2, -0.15) is 0 Å². The van der Waals surface area contributed by atoms with Gasteiger partial charge in [0.15, 0.2) is 0 Å². The minimum Gasteiger partial charge on any atom is -0.325 e. The summed E-state index contributed by atoms with van der Waals surface area (Å²) in [5.74, 6) is 0.388. The first kappa shape index (κ1) is 15.6. The van der Waals surface area contributed by atoms with Gasteiger partial charge in [0.25, 0.3) is 0 Å². The predicted octanol–water partition coefficient (Wildman–Crippen LogP) is 3.94. The first-order valence-corrected chi connectivity index (χ1v) is 8.17. The number of carbonyl (C=O) groups excluding carboxylic acids is 1. The van der Waals surface area contributed by atoms with Crippen molar-refractivity contribution < 1.29 is 4.79 Å². The zero-order valence-corrected chi connectivity index (χ0v) is 13.2. The van der Waals surface area contributed by atoms with Crippen LogP contribution in [0.25, 0.3) is 0 Å². The molecule has 0 aliphatic rings. The van der Waals surface area contributed by atoms with Gasteiger partial charge in [-0.05, 0) is 36.1 Å². The predicted molar refractivity (Wildman–Crippen MR) is 88.8 cm³/mol. The number of aromatic nitrogens is 1. The van der Waals surface area contributed by atoms with Crippen molar-refractivity contribution in [2.75, 3.05) is 11.1 Å². The molecular weight excluding hydrogens is 280 g/mol. The summed E-state index contributed by atoms with van der Waals surface area (Å²) in [6.07, 6.45) is 3.56. The van der Waals surface area contributed by atoms with E-state index in [1.54, 1.807) is 6.20 Å². The van der Waals surface area contributed by atoms with Gasteiger partial charge < -0.3 is 5.32 Å². The average Bonchev–Trinajstić information content (AvgIpc) is 2.54. The number of benzene rings is 1. The van der Waals surface area contributed by atoms with Crippen LogP contribution in [0.2, 0.25) is 0 Å². The Bertz CT molecular complexity index is 577. The van der Waals surface area contributed by atoms with Crippen LogP contribution in [0.4, 0.5) is 5.69 Å². The molecule has 0 radical (unpaired) electrons. The van der Waals surface area contributed by atoms with Gasteiger partial charge >= 0.3 is 0 Å². The van der Waals surface area contributed by atoms with E-state index < -0.39 is 0 Å². The van der Waals surface area contributed by atoms with E-state index in [1.165, 1.54) is 22.9 Å². The van der Waals surface area contributed by atoms with E-state index in [1.807, 2.05) is 18.2 Å². The van der Waals surface area contributed by atoms with Gasteiger partial charge in [-0.25, -0.2) is 4.98 Å². The minimum atomic E-state index is 0.0150. The van der Waals surface area contributed by atoms with Crippen LogP contribution in [0.3, 0.4) is 0 Å². The Morgan fingerprint density at radius 3 is 2.38 bits per heavy atom. The number of aryl methyl sites for hydroxylation is 2. The number of hydrogen-bond donors (Lipinski definition) is 1. The number of para-hydroxylation sites is 1. The minimum absolute atomic E-state index is 0.0150. The number of nitrogens with zero attached hydrogens (tertiary/aromatic N) is 1.